The predicted molar refractivity (Wildman–Crippen MR) is 65.9 cm³/mol. The average molecular weight is 255 g/mol. The lowest BCUT2D eigenvalue weighted by Gasteiger charge is -2.21. The van der Waals surface area contributed by atoms with E-state index in [0.29, 0.717) is 13.1 Å². The Balaban J connectivity index is 2.61. The van der Waals surface area contributed by atoms with Crippen LogP contribution in [-0.4, -0.2) is 49.3 Å². The molecule has 1 aromatic heterocycles. The molecule has 0 aliphatic rings. The first kappa shape index (κ1) is 14.6. The Morgan fingerprint density at radius 3 is 2.78 bits per heavy atom. The van der Waals surface area contributed by atoms with Crippen molar-refractivity contribution in [2.45, 2.75) is 40.3 Å². The molecule has 1 atom stereocenters. The lowest BCUT2D eigenvalue weighted by Crippen LogP contribution is -2.32. The zero-order chi connectivity index (χ0) is 13.5. The van der Waals surface area contributed by atoms with Crippen LogP contribution in [0.3, 0.4) is 0 Å². The van der Waals surface area contributed by atoms with Crippen LogP contribution >= 0.6 is 0 Å². The molecular formula is C11H21N5O2. The number of aliphatic carboxylic acids is 1. The summed E-state index contributed by atoms with van der Waals surface area (Å²) in [5.74, 6) is -0.377. The minimum Gasteiger partial charge on any atom is -0.481 e. The highest BCUT2D eigenvalue weighted by Gasteiger charge is 2.17. The molecule has 7 nitrogen and oxygen atoms in total. The Morgan fingerprint density at radius 2 is 2.22 bits per heavy atom. The Labute approximate surface area is 107 Å². The number of tetrazole rings is 1. The predicted octanol–water partition coefficient (Wildman–Crippen LogP) is 0.626. The molecule has 102 valence electrons. The zero-order valence-corrected chi connectivity index (χ0v) is 11.2. The number of hydrogen-bond acceptors (Lipinski definition) is 5. The van der Waals surface area contributed by atoms with E-state index in [1.165, 1.54) is 0 Å². The quantitative estimate of drug-likeness (QED) is 0.733. The summed E-state index contributed by atoms with van der Waals surface area (Å²) in [5.41, 5.74) is 0. The maximum atomic E-state index is 10.9. The Morgan fingerprint density at radius 1 is 1.50 bits per heavy atom. The van der Waals surface area contributed by atoms with Crippen LogP contribution in [-0.2, 0) is 17.9 Å². The van der Waals surface area contributed by atoms with Crippen LogP contribution < -0.4 is 0 Å². The molecule has 7 heteroatoms. The van der Waals surface area contributed by atoms with Crippen LogP contribution in [0.25, 0.3) is 0 Å². The second-order valence-corrected chi connectivity index (χ2v) is 4.39. The van der Waals surface area contributed by atoms with Gasteiger partial charge in [-0.3, -0.25) is 9.69 Å². The van der Waals surface area contributed by atoms with Gasteiger partial charge in [0.05, 0.1) is 12.5 Å². The first-order valence-corrected chi connectivity index (χ1v) is 6.28. The fraction of sp³-hybridized carbons (Fsp3) is 0.818. The molecular weight excluding hydrogens is 234 g/mol. The molecule has 0 amide bonds. The molecule has 0 aliphatic carbocycles. The minimum atomic E-state index is -0.776. The van der Waals surface area contributed by atoms with Crippen molar-refractivity contribution in [2.75, 3.05) is 13.1 Å². The van der Waals surface area contributed by atoms with Crippen molar-refractivity contribution >= 4 is 5.97 Å². The van der Waals surface area contributed by atoms with Crippen LogP contribution in [0.5, 0.6) is 0 Å². The Hall–Kier alpha value is -1.50. The molecule has 1 aromatic rings. The van der Waals surface area contributed by atoms with E-state index in [4.69, 9.17) is 5.11 Å². The number of rotatable bonds is 8. The molecule has 0 spiro atoms. The van der Waals surface area contributed by atoms with E-state index < -0.39 is 5.97 Å². The SMILES string of the molecule is CCCn1nnnc1CN(CC)CC(C)C(=O)O. The van der Waals surface area contributed by atoms with Gasteiger partial charge in [0.15, 0.2) is 5.82 Å². The second-order valence-electron chi connectivity index (χ2n) is 4.39. The van der Waals surface area contributed by atoms with Gasteiger partial charge in [-0.05, 0) is 23.4 Å². The van der Waals surface area contributed by atoms with Crippen molar-refractivity contribution in [3.8, 4) is 0 Å². The highest BCUT2D eigenvalue weighted by Crippen LogP contribution is 2.05. The van der Waals surface area contributed by atoms with Crippen LogP contribution in [0, 0.1) is 5.92 Å². The first-order chi connectivity index (χ1) is 8.58. The van der Waals surface area contributed by atoms with Gasteiger partial charge in [-0.2, -0.15) is 0 Å². The van der Waals surface area contributed by atoms with Crippen LogP contribution in [0.15, 0.2) is 0 Å². The smallest absolute Gasteiger partial charge is 0.307 e. The van der Waals surface area contributed by atoms with Crippen LogP contribution in [0.2, 0.25) is 0 Å². The molecule has 0 bridgehead atoms. The highest BCUT2D eigenvalue weighted by atomic mass is 16.4. The van der Waals surface area contributed by atoms with Crippen molar-refractivity contribution in [1.82, 2.24) is 25.1 Å². The van der Waals surface area contributed by atoms with Gasteiger partial charge in [-0.25, -0.2) is 4.68 Å². The number of nitrogens with zero attached hydrogens (tertiary/aromatic N) is 5. The topological polar surface area (TPSA) is 84.1 Å². The van der Waals surface area contributed by atoms with E-state index in [1.54, 1.807) is 11.6 Å². The van der Waals surface area contributed by atoms with Gasteiger partial charge in [-0.15, -0.1) is 5.10 Å². The molecule has 0 aromatic carbocycles. The Bertz CT molecular complexity index is 379. The fourth-order valence-electron chi connectivity index (χ4n) is 1.69. The summed E-state index contributed by atoms with van der Waals surface area (Å²) in [6.45, 7) is 8.43. The average Bonchev–Trinajstić information content (AvgIpc) is 2.76. The number of aromatic nitrogens is 4. The summed E-state index contributed by atoms with van der Waals surface area (Å²) in [6, 6.07) is 0. The largest absolute Gasteiger partial charge is 0.481 e. The summed E-state index contributed by atoms with van der Waals surface area (Å²) < 4.78 is 1.77. The lowest BCUT2D eigenvalue weighted by atomic mass is 10.1. The third-order valence-electron chi connectivity index (χ3n) is 2.81. The van der Waals surface area contributed by atoms with Crippen molar-refractivity contribution in [3.05, 3.63) is 5.82 Å². The van der Waals surface area contributed by atoms with E-state index in [1.807, 2.05) is 11.8 Å². The van der Waals surface area contributed by atoms with Gasteiger partial charge in [0.2, 0.25) is 0 Å². The van der Waals surface area contributed by atoms with E-state index in [2.05, 4.69) is 22.4 Å². The summed E-state index contributed by atoms with van der Waals surface area (Å²) >= 11 is 0. The fourth-order valence-corrected chi connectivity index (χ4v) is 1.69. The lowest BCUT2D eigenvalue weighted by molar-refractivity contribution is -0.141. The maximum absolute atomic E-state index is 10.9. The maximum Gasteiger partial charge on any atom is 0.307 e. The minimum absolute atomic E-state index is 0.388. The third kappa shape index (κ3) is 4.06. The highest BCUT2D eigenvalue weighted by molar-refractivity contribution is 5.69. The zero-order valence-electron chi connectivity index (χ0n) is 11.2. The van der Waals surface area contributed by atoms with E-state index in [0.717, 1.165) is 25.3 Å². The van der Waals surface area contributed by atoms with E-state index in [9.17, 15) is 4.79 Å². The first-order valence-electron chi connectivity index (χ1n) is 6.28. The number of carboxylic acid groups (broad SMARTS) is 1. The number of aryl methyl sites for hydroxylation is 1. The normalized spacial score (nSPS) is 12.9. The van der Waals surface area contributed by atoms with E-state index >= 15 is 0 Å². The third-order valence-corrected chi connectivity index (χ3v) is 2.81. The standard InChI is InChI=1S/C11H21N5O2/c1-4-6-16-10(12-13-14-16)8-15(5-2)7-9(3)11(17)18/h9H,4-8H2,1-3H3,(H,17,18). The van der Waals surface area contributed by atoms with E-state index in [-0.39, 0.29) is 5.92 Å². The molecule has 18 heavy (non-hydrogen) atoms. The van der Waals surface area contributed by atoms with Gasteiger partial charge >= 0.3 is 5.97 Å². The molecule has 0 fully saturated rings. The molecule has 1 N–H and O–H groups in total. The molecule has 0 aliphatic heterocycles. The molecule has 1 rings (SSSR count). The number of hydrogen-bond donors (Lipinski definition) is 1. The van der Waals surface area contributed by atoms with Crippen LogP contribution in [0.4, 0.5) is 0 Å². The molecule has 1 unspecified atom stereocenters. The second kappa shape index (κ2) is 7.05. The number of carbonyl (C=O) groups is 1. The summed E-state index contributed by atoms with van der Waals surface area (Å²) in [7, 11) is 0. The van der Waals surface area contributed by atoms with Crippen molar-refractivity contribution in [2.24, 2.45) is 5.92 Å². The van der Waals surface area contributed by atoms with Gasteiger partial charge in [0.25, 0.3) is 0 Å². The number of carboxylic acids is 1. The summed E-state index contributed by atoms with van der Waals surface area (Å²) in [4.78, 5) is 12.9. The molecule has 0 radical (unpaired) electrons. The molecule has 1 heterocycles. The molecule has 0 saturated heterocycles. The van der Waals surface area contributed by atoms with Gasteiger partial charge in [0, 0.05) is 13.1 Å². The van der Waals surface area contributed by atoms with Gasteiger partial charge in [0.1, 0.15) is 0 Å². The molecule has 0 saturated carbocycles. The summed E-state index contributed by atoms with van der Waals surface area (Å²) in [5, 5.41) is 20.5. The van der Waals surface area contributed by atoms with Crippen LogP contribution in [0.1, 0.15) is 33.0 Å². The van der Waals surface area contributed by atoms with Gasteiger partial charge in [-0.1, -0.05) is 20.8 Å². The van der Waals surface area contributed by atoms with Crippen molar-refractivity contribution in [1.29, 1.82) is 0 Å². The van der Waals surface area contributed by atoms with Crippen molar-refractivity contribution in [3.63, 3.8) is 0 Å². The van der Waals surface area contributed by atoms with Crippen molar-refractivity contribution < 1.29 is 9.90 Å². The van der Waals surface area contributed by atoms with Gasteiger partial charge < -0.3 is 5.11 Å². The monoisotopic (exact) mass is 255 g/mol. The summed E-state index contributed by atoms with van der Waals surface area (Å²) in [6.07, 6.45) is 0.968. The Kier molecular flexibility index (Phi) is 5.70.